The maximum atomic E-state index is 13.8. The van der Waals surface area contributed by atoms with Crippen LogP contribution in [0.1, 0.15) is 12.5 Å². The van der Waals surface area contributed by atoms with Crippen molar-refractivity contribution in [2.24, 2.45) is 0 Å². The van der Waals surface area contributed by atoms with Crippen LogP contribution in [-0.2, 0) is 15.5 Å². The van der Waals surface area contributed by atoms with Gasteiger partial charge < -0.3 is 9.15 Å². The van der Waals surface area contributed by atoms with Gasteiger partial charge in [-0.2, -0.15) is 8.78 Å². The fourth-order valence-corrected chi connectivity index (χ4v) is 1.63. The Hall–Kier alpha value is -2.24. The van der Waals surface area contributed by atoms with E-state index in [9.17, 15) is 18.4 Å². The van der Waals surface area contributed by atoms with Crippen molar-refractivity contribution in [2.75, 3.05) is 6.61 Å². The number of benzene rings is 1. The highest BCUT2D eigenvalue weighted by molar-refractivity contribution is 5.82. The number of carbonyl (C=O) groups is 1. The van der Waals surface area contributed by atoms with Gasteiger partial charge in [0.2, 0.25) is 5.43 Å². The molecule has 0 aliphatic rings. The van der Waals surface area contributed by atoms with Crippen molar-refractivity contribution in [3.63, 3.8) is 0 Å². The largest absolute Gasteiger partial charge is 0.464 e. The third-order valence-electron chi connectivity index (χ3n) is 2.55. The lowest BCUT2D eigenvalue weighted by atomic mass is 10.1. The van der Waals surface area contributed by atoms with Crippen LogP contribution in [0.5, 0.6) is 0 Å². The fraction of sp³-hybridized carbons (Fsp3) is 0.231. The molecule has 0 bridgehead atoms. The molecule has 0 saturated carbocycles. The van der Waals surface area contributed by atoms with Gasteiger partial charge in [-0.1, -0.05) is 12.1 Å². The van der Waals surface area contributed by atoms with Crippen molar-refractivity contribution in [1.29, 1.82) is 0 Å². The highest BCUT2D eigenvalue weighted by Crippen LogP contribution is 2.28. The molecule has 0 N–H and O–H groups in total. The first kappa shape index (κ1) is 13.2. The van der Waals surface area contributed by atoms with Crippen molar-refractivity contribution < 1.29 is 22.7 Å². The van der Waals surface area contributed by atoms with Crippen molar-refractivity contribution in [3.8, 4) is 0 Å². The second-order valence-electron chi connectivity index (χ2n) is 3.77. The summed E-state index contributed by atoms with van der Waals surface area (Å²) in [5, 5.41) is -0.0102. The Kier molecular flexibility index (Phi) is 3.33. The van der Waals surface area contributed by atoms with Crippen LogP contribution in [0.15, 0.2) is 39.7 Å². The van der Waals surface area contributed by atoms with Gasteiger partial charge in [-0.15, -0.1) is 0 Å². The molecule has 0 spiro atoms. The zero-order valence-corrected chi connectivity index (χ0v) is 9.98. The highest BCUT2D eigenvalue weighted by atomic mass is 19.3. The molecule has 0 saturated heterocycles. The first-order chi connectivity index (χ1) is 8.98. The summed E-state index contributed by atoms with van der Waals surface area (Å²) in [5.74, 6) is -5.79. The van der Waals surface area contributed by atoms with Gasteiger partial charge in [0.25, 0.3) is 0 Å². The van der Waals surface area contributed by atoms with Gasteiger partial charge in [-0.05, 0) is 19.1 Å². The van der Waals surface area contributed by atoms with E-state index in [2.05, 4.69) is 4.74 Å². The average Bonchev–Trinajstić information content (AvgIpc) is 2.39. The number of ether oxygens (including phenoxy) is 1. The van der Waals surface area contributed by atoms with Gasteiger partial charge >= 0.3 is 11.9 Å². The SMILES string of the molecule is CCOC(=O)C(F)(F)c1coc2ccccc2c1=O. The molecule has 1 heterocycles. The summed E-state index contributed by atoms with van der Waals surface area (Å²) in [4.78, 5) is 23.1. The summed E-state index contributed by atoms with van der Waals surface area (Å²) < 4.78 is 36.8. The van der Waals surface area contributed by atoms with Crippen LogP contribution in [0, 0.1) is 0 Å². The Labute approximate surface area is 106 Å². The lowest BCUT2D eigenvalue weighted by Crippen LogP contribution is -2.33. The molecule has 2 aromatic rings. The quantitative estimate of drug-likeness (QED) is 0.802. The summed E-state index contributed by atoms with van der Waals surface area (Å²) in [6.45, 7) is 1.20. The van der Waals surface area contributed by atoms with Crippen LogP contribution >= 0.6 is 0 Å². The molecule has 0 amide bonds. The number of fused-ring (bicyclic) bond motifs is 1. The minimum atomic E-state index is -4.03. The summed E-state index contributed by atoms with van der Waals surface area (Å²) in [6, 6.07) is 5.95. The van der Waals surface area contributed by atoms with E-state index in [1.807, 2.05) is 0 Å². The Morgan fingerprint density at radius 1 is 1.37 bits per heavy atom. The molecule has 19 heavy (non-hydrogen) atoms. The van der Waals surface area contributed by atoms with Crippen molar-refractivity contribution in [2.45, 2.75) is 12.8 Å². The molecule has 0 atom stereocenters. The molecular weight excluding hydrogens is 258 g/mol. The second-order valence-corrected chi connectivity index (χ2v) is 3.77. The maximum Gasteiger partial charge on any atom is 0.382 e. The lowest BCUT2D eigenvalue weighted by Gasteiger charge is -2.13. The molecular formula is C13H10F2O4. The molecule has 1 aromatic heterocycles. The van der Waals surface area contributed by atoms with Gasteiger partial charge in [-0.3, -0.25) is 4.79 Å². The van der Waals surface area contributed by atoms with Crippen LogP contribution in [0.25, 0.3) is 11.0 Å². The number of halogens is 2. The van der Waals surface area contributed by atoms with Crippen molar-refractivity contribution in [3.05, 3.63) is 46.3 Å². The normalized spacial score (nSPS) is 11.5. The standard InChI is InChI=1S/C13H10F2O4/c1-2-18-12(17)13(14,15)9-7-19-10-6-4-3-5-8(10)11(9)16/h3-7H,2H2,1H3. The fourth-order valence-electron chi connectivity index (χ4n) is 1.63. The van der Waals surface area contributed by atoms with Crippen LogP contribution in [0.2, 0.25) is 0 Å². The number of esters is 1. The van der Waals surface area contributed by atoms with Crippen LogP contribution < -0.4 is 5.43 Å². The number of rotatable bonds is 3. The van der Waals surface area contributed by atoms with E-state index in [-0.39, 0.29) is 17.6 Å². The van der Waals surface area contributed by atoms with Crippen LogP contribution in [0.4, 0.5) is 8.78 Å². The topological polar surface area (TPSA) is 56.5 Å². The van der Waals surface area contributed by atoms with Gasteiger partial charge in [0.15, 0.2) is 0 Å². The number of hydrogen-bond donors (Lipinski definition) is 0. The first-order valence-electron chi connectivity index (χ1n) is 5.54. The minimum Gasteiger partial charge on any atom is -0.464 e. The van der Waals surface area contributed by atoms with Crippen molar-refractivity contribution >= 4 is 16.9 Å². The maximum absolute atomic E-state index is 13.8. The summed E-state index contributed by atoms with van der Waals surface area (Å²) in [5.41, 5.74) is -1.79. The third kappa shape index (κ3) is 2.21. The molecule has 0 fully saturated rings. The van der Waals surface area contributed by atoms with Crippen LogP contribution in [0.3, 0.4) is 0 Å². The Balaban J connectivity index is 2.60. The van der Waals surface area contributed by atoms with Crippen LogP contribution in [-0.4, -0.2) is 12.6 Å². The smallest absolute Gasteiger partial charge is 0.382 e. The van der Waals surface area contributed by atoms with Crippen molar-refractivity contribution in [1.82, 2.24) is 0 Å². The average molecular weight is 268 g/mol. The van der Waals surface area contributed by atoms with E-state index >= 15 is 0 Å². The molecule has 0 aliphatic heterocycles. The number of para-hydroxylation sites is 1. The summed E-state index contributed by atoms with van der Waals surface area (Å²) in [6.07, 6.45) is 0.599. The van der Waals surface area contributed by atoms with Gasteiger partial charge in [0.05, 0.1) is 12.0 Å². The van der Waals surface area contributed by atoms with Gasteiger partial charge in [0.1, 0.15) is 17.4 Å². The van der Waals surface area contributed by atoms with Gasteiger partial charge in [0, 0.05) is 0 Å². The van der Waals surface area contributed by atoms with E-state index in [1.54, 1.807) is 6.07 Å². The first-order valence-corrected chi connectivity index (χ1v) is 5.54. The number of carbonyl (C=O) groups excluding carboxylic acids is 1. The monoisotopic (exact) mass is 268 g/mol. The zero-order valence-electron chi connectivity index (χ0n) is 9.98. The molecule has 4 nitrogen and oxygen atoms in total. The molecule has 100 valence electrons. The Bertz CT molecular complexity index is 676. The molecule has 0 radical (unpaired) electrons. The number of hydrogen-bond acceptors (Lipinski definition) is 4. The second kappa shape index (κ2) is 4.79. The zero-order chi connectivity index (χ0) is 14.0. The van der Waals surface area contributed by atoms with E-state index in [4.69, 9.17) is 4.42 Å². The van der Waals surface area contributed by atoms with E-state index in [0.717, 1.165) is 0 Å². The Morgan fingerprint density at radius 3 is 2.74 bits per heavy atom. The summed E-state index contributed by atoms with van der Waals surface area (Å²) in [7, 11) is 0. The highest BCUT2D eigenvalue weighted by Gasteiger charge is 2.45. The van der Waals surface area contributed by atoms with E-state index in [1.165, 1.54) is 25.1 Å². The third-order valence-corrected chi connectivity index (χ3v) is 2.55. The molecule has 2 rings (SSSR count). The lowest BCUT2D eigenvalue weighted by molar-refractivity contribution is -0.173. The predicted molar refractivity (Wildman–Crippen MR) is 63.0 cm³/mol. The van der Waals surface area contributed by atoms with E-state index in [0.29, 0.717) is 6.26 Å². The predicted octanol–water partition coefficient (Wildman–Crippen LogP) is 2.45. The minimum absolute atomic E-state index is 0.0102. The Morgan fingerprint density at radius 2 is 2.05 bits per heavy atom. The van der Waals surface area contributed by atoms with Gasteiger partial charge in [-0.25, -0.2) is 4.79 Å². The molecule has 6 heteroatoms. The summed E-state index contributed by atoms with van der Waals surface area (Å²) >= 11 is 0. The molecule has 0 aliphatic carbocycles. The molecule has 0 unspecified atom stereocenters. The number of alkyl halides is 2. The molecule has 1 aromatic carbocycles. The van der Waals surface area contributed by atoms with E-state index < -0.39 is 22.9 Å².